The van der Waals surface area contributed by atoms with Crippen molar-refractivity contribution in [2.24, 2.45) is 0 Å². The first-order chi connectivity index (χ1) is 36.1. The fourth-order valence-electron chi connectivity index (χ4n) is 10.4. The molecule has 0 N–H and O–H groups in total. The van der Waals surface area contributed by atoms with Crippen LogP contribution in [0.3, 0.4) is 0 Å². The summed E-state index contributed by atoms with van der Waals surface area (Å²) < 4.78 is 19.2. The Bertz CT molecular complexity index is 4560. The predicted molar refractivity (Wildman–Crippen MR) is 293 cm³/mol. The van der Waals surface area contributed by atoms with Crippen LogP contribution in [-0.4, -0.2) is 24.9 Å². The summed E-state index contributed by atoms with van der Waals surface area (Å²) in [6, 6.07) is 76.5. The van der Waals surface area contributed by atoms with E-state index in [2.05, 4.69) is 97.1 Å². The van der Waals surface area contributed by atoms with Crippen molar-refractivity contribution in [3.63, 3.8) is 0 Å². The number of rotatable bonds is 7. The number of aromatic nitrogens is 5. The fraction of sp³-hybridized carbons (Fsp3) is 0. The van der Waals surface area contributed by atoms with Gasteiger partial charge < -0.3 is 13.3 Å². The molecule has 0 bridgehead atoms. The van der Waals surface area contributed by atoms with Gasteiger partial charge in [-0.15, -0.1) is 0 Å². The number of nitrogens with zero attached hydrogens (tertiary/aromatic N) is 5. The molecule has 8 nitrogen and oxygen atoms in total. The molecule has 15 rings (SSSR count). The summed E-state index contributed by atoms with van der Waals surface area (Å²) in [5.41, 5.74) is 15.0. The van der Waals surface area contributed by atoms with Gasteiger partial charge in [-0.05, 0) is 107 Å². The van der Waals surface area contributed by atoms with Gasteiger partial charge in [-0.3, -0.25) is 0 Å². The maximum atomic E-state index is 6.61. The molecule has 0 aliphatic heterocycles. The van der Waals surface area contributed by atoms with E-state index in [4.69, 9.17) is 38.2 Å². The van der Waals surface area contributed by atoms with Gasteiger partial charge in [-0.25, -0.2) is 24.9 Å². The number of para-hydroxylation sites is 3. The first kappa shape index (κ1) is 40.8. The maximum absolute atomic E-state index is 6.61. The van der Waals surface area contributed by atoms with Crippen LogP contribution in [0, 0.1) is 0 Å². The maximum Gasteiger partial charge on any atom is 0.164 e. The van der Waals surface area contributed by atoms with Crippen molar-refractivity contribution in [1.29, 1.82) is 0 Å². The van der Waals surface area contributed by atoms with Crippen molar-refractivity contribution in [2.75, 3.05) is 0 Å². The normalized spacial score (nSPS) is 11.8. The van der Waals surface area contributed by atoms with Crippen LogP contribution in [-0.2, 0) is 0 Å². The molecule has 73 heavy (non-hydrogen) atoms. The Balaban J connectivity index is 0.937. The van der Waals surface area contributed by atoms with E-state index in [-0.39, 0.29) is 0 Å². The molecule has 10 aromatic carbocycles. The van der Waals surface area contributed by atoms with Crippen LogP contribution in [0.4, 0.5) is 0 Å². The monoisotopic (exact) mass is 935 g/mol. The Kier molecular flexibility index (Phi) is 9.09. The van der Waals surface area contributed by atoms with Crippen molar-refractivity contribution in [2.45, 2.75) is 0 Å². The molecule has 0 spiro atoms. The number of hydrogen-bond donors (Lipinski definition) is 0. The Morgan fingerprint density at radius 2 is 0.699 bits per heavy atom. The van der Waals surface area contributed by atoms with Gasteiger partial charge in [0.2, 0.25) is 0 Å². The minimum atomic E-state index is 0.514. The molecule has 0 amide bonds. The Morgan fingerprint density at radius 1 is 0.233 bits per heavy atom. The number of hydrogen-bond acceptors (Lipinski definition) is 8. The fourth-order valence-corrected chi connectivity index (χ4v) is 10.4. The molecule has 15 aromatic rings. The van der Waals surface area contributed by atoms with Crippen molar-refractivity contribution < 1.29 is 13.3 Å². The molecule has 0 unspecified atom stereocenters. The molecule has 8 heteroatoms. The Morgan fingerprint density at radius 3 is 1.37 bits per heavy atom. The molecule has 0 saturated heterocycles. The third-order valence-electron chi connectivity index (χ3n) is 13.9. The number of furan rings is 3. The lowest BCUT2D eigenvalue weighted by atomic mass is 9.94. The van der Waals surface area contributed by atoms with Gasteiger partial charge in [0.15, 0.2) is 23.3 Å². The molecular formula is C65H37N5O3. The van der Waals surface area contributed by atoms with Crippen molar-refractivity contribution in [1.82, 2.24) is 24.9 Å². The summed E-state index contributed by atoms with van der Waals surface area (Å²) in [5, 5.41) is 7.01. The van der Waals surface area contributed by atoms with E-state index in [0.29, 0.717) is 28.9 Å². The highest BCUT2D eigenvalue weighted by atomic mass is 16.3. The second kappa shape index (κ2) is 16.3. The topological polar surface area (TPSA) is 104 Å². The highest BCUT2D eigenvalue weighted by molar-refractivity contribution is 6.13. The number of fused-ring (bicyclic) bond motifs is 10. The zero-order valence-corrected chi connectivity index (χ0v) is 38.8. The van der Waals surface area contributed by atoms with Crippen molar-refractivity contribution >= 4 is 76.7 Å². The molecule has 0 fully saturated rings. The lowest BCUT2D eigenvalue weighted by Crippen LogP contribution is -2.01. The second-order valence-corrected chi connectivity index (χ2v) is 18.4. The zero-order chi connectivity index (χ0) is 48.0. The van der Waals surface area contributed by atoms with Crippen LogP contribution in [0.15, 0.2) is 238 Å². The smallest absolute Gasteiger partial charge is 0.164 e. The quantitative estimate of drug-likeness (QED) is 0.156. The Labute approximate surface area is 416 Å². The average Bonchev–Trinajstić information content (AvgIpc) is 4.16. The van der Waals surface area contributed by atoms with Crippen LogP contribution in [0.1, 0.15) is 0 Å². The van der Waals surface area contributed by atoms with Crippen LogP contribution < -0.4 is 0 Å². The lowest BCUT2D eigenvalue weighted by molar-refractivity contribution is 0.668. The molecule has 0 saturated carbocycles. The first-order valence-corrected chi connectivity index (χ1v) is 24.2. The summed E-state index contributed by atoms with van der Waals surface area (Å²) in [6.45, 7) is 0. The van der Waals surface area contributed by atoms with Gasteiger partial charge in [-0.2, -0.15) is 0 Å². The van der Waals surface area contributed by atoms with Gasteiger partial charge in [0.1, 0.15) is 33.5 Å². The minimum Gasteiger partial charge on any atom is -0.456 e. The van der Waals surface area contributed by atoms with Crippen LogP contribution in [0.2, 0.25) is 0 Å². The molecule has 0 atom stereocenters. The predicted octanol–water partition coefficient (Wildman–Crippen LogP) is 17.2. The molecule has 0 radical (unpaired) electrons. The summed E-state index contributed by atoms with van der Waals surface area (Å²) >= 11 is 0. The van der Waals surface area contributed by atoms with E-state index < -0.39 is 0 Å². The molecule has 340 valence electrons. The molecular weight excluding hydrogens is 899 g/mol. The molecule has 0 aliphatic carbocycles. The summed E-state index contributed by atoms with van der Waals surface area (Å²) in [5.74, 6) is 2.21. The van der Waals surface area contributed by atoms with Crippen LogP contribution >= 0.6 is 0 Å². The highest BCUT2D eigenvalue weighted by Gasteiger charge is 2.21. The second-order valence-electron chi connectivity index (χ2n) is 18.4. The van der Waals surface area contributed by atoms with Crippen LogP contribution in [0.25, 0.3) is 156 Å². The average molecular weight is 936 g/mol. The summed E-state index contributed by atoms with van der Waals surface area (Å²) in [7, 11) is 0. The largest absolute Gasteiger partial charge is 0.456 e. The molecule has 5 aromatic heterocycles. The summed E-state index contributed by atoms with van der Waals surface area (Å²) in [6.07, 6.45) is 0. The van der Waals surface area contributed by atoms with Gasteiger partial charge >= 0.3 is 0 Å². The SMILES string of the molecule is c1ccc(-c2nc(-c3cc(-c4ccc5oc6ccccc6c5c4)cc(-c4ccc5oc6ccccc6c5c4)c3)nc(-c3cccc4oc5ccc(-c6nc(-c7ccccc7)c7ccccc7n6)cc5c34)n2)cc1. The van der Waals surface area contributed by atoms with E-state index >= 15 is 0 Å². The summed E-state index contributed by atoms with van der Waals surface area (Å²) in [4.78, 5) is 26.3. The van der Waals surface area contributed by atoms with E-state index in [1.807, 2.05) is 127 Å². The molecule has 0 aliphatic rings. The van der Waals surface area contributed by atoms with Gasteiger partial charge in [0, 0.05) is 65.5 Å². The van der Waals surface area contributed by atoms with E-state index in [9.17, 15) is 0 Å². The number of benzene rings is 10. The zero-order valence-electron chi connectivity index (χ0n) is 38.8. The third-order valence-corrected chi connectivity index (χ3v) is 13.9. The van der Waals surface area contributed by atoms with E-state index in [1.54, 1.807) is 0 Å². The van der Waals surface area contributed by atoms with E-state index in [0.717, 1.165) is 127 Å². The third kappa shape index (κ3) is 6.88. The lowest BCUT2D eigenvalue weighted by Gasteiger charge is -2.13. The molecule has 5 heterocycles. The standard InChI is InChI=1S/C65H37N5O3/c1-3-14-38(15-4-1)61-48-20-7-10-22-53(48)66-63(67-61)42-28-31-58-52(37-42)60-49(21-13-25-59(60)73-58)65-69-62(39-16-5-2-6-17-39)68-64(70-65)45-33-43(40-26-29-56-50(35-40)46-18-8-11-23-54(46)71-56)32-44(34-45)41-27-30-57-51(36-41)47-19-9-12-24-55(47)72-57/h1-37H. The first-order valence-electron chi connectivity index (χ1n) is 24.2. The minimum absolute atomic E-state index is 0.514. The van der Waals surface area contributed by atoms with Crippen molar-refractivity contribution in [3.05, 3.63) is 224 Å². The van der Waals surface area contributed by atoms with Gasteiger partial charge in [0.05, 0.1) is 11.2 Å². The van der Waals surface area contributed by atoms with Crippen molar-refractivity contribution in [3.8, 4) is 79.1 Å². The van der Waals surface area contributed by atoms with Gasteiger partial charge in [-0.1, -0.05) is 140 Å². The Hall–Kier alpha value is -10.1. The van der Waals surface area contributed by atoms with E-state index in [1.165, 1.54) is 0 Å². The van der Waals surface area contributed by atoms with Crippen LogP contribution in [0.5, 0.6) is 0 Å². The van der Waals surface area contributed by atoms with Gasteiger partial charge in [0.25, 0.3) is 0 Å². The highest BCUT2D eigenvalue weighted by Crippen LogP contribution is 2.42.